The van der Waals surface area contributed by atoms with E-state index in [1.807, 2.05) is 32.9 Å². The number of nitrogens with one attached hydrogen (secondary N) is 1. The molecule has 26 heavy (non-hydrogen) atoms. The van der Waals surface area contributed by atoms with Crippen LogP contribution in [0.25, 0.3) is 0 Å². The van der Waals surface area contributed by atoms with Crippen LogP contribution < -0.4 is 9.62 Å². The number of amides is 1. The van der Waals surface area contributed by atoms with Crippen LogP contribution >= 0.6 is 0 Å². The van der Waals surface area contributed by atoms with Crippen molar-refractivity contribution in [3.05, 3.63) is 52.1 Å². The Morgan fingerprint density at radius 1 is 0.923 bits per heavy atom. The second kappa shape index (κ2) is 5.84. The number of hydrogen-bond acceptors (Lipinski definition) is 3. The van der Waals surface area contributed by atoms with Gasteiger partial charge < -0.3 is 4.90 Å². The van der Waals surface area contributed by atoms with Gasteiger partial charge in [-0.1, -0.05) is 17.7 Å². The van der Waals surface area contributed by atoms with E-state index < -0.39 is 10.0 Å². The van der Waals surface area contributed by atoms with E-state index in [4.69, 9.17) is 0 Å². The fourth-order valence-electron chi connectivity index (χ4n) is 4.12. The summed E-state index contributed by atoms with van der Waals surface area (Å²) in [6.45, 7) is 6.46. The number of rotatable bonds is 3. The van der Waals surface area contributed by atoms with Gasteiger partial charge in [-0.25, -0.2) is 8.42 Å². The maximum Gasteiger partial charge on any atom is 0.261 e. The molecule has 2 aliphatic rings. The Morgan fingerprint density at radius 3 is 2.19 bits per heavy atom. The number of benzene rings is 2. The Bertz CT molecular complexity index is 1020. The van der Waals surface area contributed by atoms with Gasteiger partial charge in [0.1, 0.15) is 0 Å². The highest BCUT2D eigenvalue weighted by Crippen LogP contribution is 2.38. The molecule has 0 fully saturated rings. The van der Waals surface area contributed by atoms with E-state index in [1.165, 1.54) is 0 Å². The van der Waals surface area contributed by atoms with E-state index in [1.54, 1.807) is 17.0 Å². The molecule has 0 aliphatic carbocycles. The van der Waals surface area contributed by atoms with Gasteiger partial charge in [-0.15, -0.1) is 0 Å². The molecule has 2 heterocycles. The summed E-state index contributed by atoms with van der Waals surface area (Å²) in [5.41, 5.74) is 6.40. The molecule has 0 bridgehead atoms. The van der Waals surface area contributed by atoms with Crippen molar-refractivity contribution in [3.63, 3.8) is 0 Å². The molecule has 0 atom stereocenters. The number of nitrogens with zero attached hydrogens (tertiary/aromatic N) is 1. The molecule has 1 amide bonds. The van der Waals surface area contributed by atoms with Gasteiger partial charge in [0.05, 0.1) is 16.3 Å². The number of hydrogen-bond donors (Lipinski definition) is 1. The van der Waals surface area contributed by atoms with E-state index in [0.29, 0.717) is 31.5 Å². The lowest BCUT2D eigenvalue weighted by Gasteiger charge is -2.26. The molecule has 0 aromatic heterocycles. The summed E-state index contributed by atoms with van der Waals surface area (Å²) >= 11 is 0. The lowest BCUT2D eigenvalue weighted by atomic mass is 10.00. The van der Waals surface area contributed by atoms with Gasteiger partial charge in [0.15, 0.2) is 0 Å². The van der Waals surface area contributed by atoms with Crippen LogP contribution in [0.5, 0.6) is 0 Å². The van der Waals surface area contributed by atoms with Crippen LogP contribution in [0.1, 0.15) is 34.2 Å². The zero-order chi connectivity index (χ0) is 18.6. The summed E-state index contributed by atoms with van der Waals surface area (Å²) in [5, 5.41) is 0. The predicted octanol–water partition coefficient (Wildman–Crippen LogP) is 3.25. The molecular weight excluding hydrogens is 348 g/mol. The van der Waals surface area contributed by atoms with Crippen molar-refractivity contribution < 1.29 is 13.2 Å². The Hall–Kier alpha value is -2.34. The first kappa shape index (κ1) is 17.1. The molecule has 0 saturated carbocycles. The van der Waals surface area contributed by atoms with Gasteiger partial charge in [-0.05, 0) is 68.0 Å². The van der Waals surface area contributed by atoms with Crippen molar-refractivity contribution >= 4 is 27.3 Å². The predicted molar refractivity (Wildman–Crippen MR) is 102 cm³/mol. The number of carbonyl (C=O) groups is 1. The quantitative estimate of drug-likeness (QED) is 0.902. The van der Waals surface area contributed by atoms with Gasteiger partial charge >= 0.3 is 0 Å². The summed E-state index contributed by atoms with van der Waals surface area (Å²) in [7, 11) is -3.69. The minimum atomic E-state index is -3.69. The molecule has 0 spiro atoms. The summed E-state index contributed by atoms with van der Waals surface area (Å²) in [6, 6.07) is 7.39. The fourth-order valence-corrected chi connectivity index (χ4v) is 5.42. The summed E-state index contributed by atoms with van der Waals surface area (Å²) in [5.74, 6) is 0.135. The Balaban J connectivity index is 1.76. The van der Waals surface area contributed by atoms with Crippen LogP contribution in [0, 0.1) is 20.8 Å². The van der Waals surface area contributed by atoms with Gasteiger partial charge in [0.25, 0.3) is 10.0 Å². The normalized spacial score (nSPS) is 16.0. The molecule has 6 heteroatoms. The fraction of sp³-hybridized carbons (Fsp3) is 0.350. The molecule has 5 nitrogen and oxygen atoms in total. The molecule has 2 aromatic carbocycles. The zero-order valence-corrected chi connectivity index (χ0v) is 16.0. The molecule has 0 saturated heterocycles. The van der Waals surface area contributed by atoms with Crippen LogP contribution in [0.4, 0.5) is 11.4 Å². The molecule has 0 unspecified atom stereocenters. The Labute approximate surface area is 154 Å². The highest BCUT2D eigenvalue weighted by atomic mass is 32.2. The number of sulfonamides is 1. The van der Waals surface area contributed by atoms with Crippen LogP contribution in [0.3, 0.4) is 0 Å². The molecule has 136 valence electrons. The summed E-state index contributed by atoms with van der Waals surface area (Å²) < 4.78 is 28.8. The van der Waals surface area contributed by atoms with Crippen molar-refractivity contribution in [2.75, 3.05) is 16.2 Å². The lowest BCUT2D eigenvalue weighted by Crippen LogP contribution is -2.33. The van der Waals surface area contributed by atoms with E-state index in [2.05, 4.69) is 4.72 Å². The van der Waals surface area contributed by atoms with Crippen molar-refractivity contribution in [3.8, 4) is 0 Å². The number of anilines is 2. The first-order chi connectivity index (χ1) is 12.3. The minimum absolute atomic E-state index is 0.135. The highest BCUT2D eigenvalue weighted by molar-refractivity contribution is 7.92. The second-order valence-electron chi connectivity index (χ2n) is 7.26. The zero-order valence-electron chi connectivity index (χ0n) is 15.2. The van der Waals surface area contributed by atoms with Crippen molar-refractivity contribution in [1.82, 2.24) is 0 Å². The van der Waals surface area contributed by atoms with E-state index in [-0.39, 0.29) is 10.8 Å². The van der Waals surface area contributed by atoms with Gasteiger partial charge in [0, 0.05) is 13.0 Å². The maximum atomic E-state index is 13.0. The maximum absolute atomic E-state index is 13.0. The SMILES string of the molecule is Cc1cc(C)c(NS(=O)(=O)c2cc3c4c(c2)CCN4C(=O)CC3)c(C)c1. The molecule has 2 aromatic rings. The minimum Gasteiger partial charge on any atom is -0.312 e. The van der Waals surface area contributed by atoms with E-state index in [0.717, 1.165) is 33.5 Å². The standard InChI is InChI=1S/C20H22N2O3S/c1-12-8-13(2)19(14(3)9-12)21-26(24,25)17-10-15-4-5-18(23)22-7-6-16(11-17)20(15)22/h8-11,21H,4-7H2,1-3H3. The molecule has 1 N–H and O–H groups in total. The largest absolute Gasteiger partial charge is 0.312 e. The third-order valence-corrected chi connectivity index (χ3v) is 6.58. The van der Waals surface area contributed by atoms with Crippen LogP contribution in [0.15, 0.2) is 29.2 Å². The monoisotopic (exact) mass is 370 g/mol. The molecular formula is C20H22N2O3S. The number of aryl methyl sites for hydroxylation is 4. The van der Waals surface area contributed by atoms with E-state index in [9.17, 15) is 13.2 Å². The highest BCUT2D eigenvalue weighted by Gasteiger charge is 2.33. The van der Waals surface area contributed by atoms with E-state index >= 15 is 0 Å². The first-order valence-corrected chi connectivity index (χ1v) is 10.3. The van der Waals surface area contributed by atoms with Crippen LogP contribution in [-0.2, 0) is 27.7 Å². The smallest absolute Gasteiger partial charge is 0.261 e. The van der Waals surface area contributed by atoms with Crippen LogP contribution in [-0.4, -0.2) is 20.9 Å². The van der Waals surface area contributed by atoms with Gasteiger partial charge in [0.2, 0.25) is 5.91 Å². The molecule has 4 rings (SSSR count). The van der Waals surface area contributed by atoms with Crippen molar-refractivity contribution in [2.45, 2.75) is 44.9 Å². The van der Waals surface area contributed by atoms with Crippen molar-refractivity contribution in [1.29, 1.82) is 0 Å². The molecule has 0 radical (unpaired) electrons. The van der Waals surface area contributed by atoms with Crippen molar-refractivity contribution in [2.24, 2.45) is 0 Å². The van der Waals surface area contributed by atoms with Gasteiger partial charge in [-0.2, -0.15) is 0 Å². The third kappa shape index (κ3) is 2.69. The Kier molecular flexibility index (Phi) is 3.84. The summed E-state index contributed by atoms with van der Waals surface area (Å²) in [4.78, 5) is 14.1. The van der Waals surface area contributed by atoms with Crippen LogP contribution in [0.2, 0.25) is 0 Å². The average Bonchev–Trinajstić information content (AvgIpc) is 3.00. The average molecular weight is 370 g/mol. The van der Waals surface area contributed by atoms with Gasteiger partial charge in [-0.3, -0.25) is 9.52 Å². The first-order valence-electron chi connectivity index (χ1n) is 8.83. The topological polar surface area (TPSA) is 66.5 Å². The Morgan fingerprint density at radius 2 is 1.54 bits per heavy atom. The third-order valence-electron chi connectivity index (χ3n) is 5.25. The molecule has 2 aliphatic heterocycles. The lowest BCUT2D eigenvalue weighted by molar-refractivity contribution is -0.118. The number of carbonyl (C=O) groups excluding carboxylic acids is 1. The summed E-state index contributed by atoms with van der Waals surface area (Å²) in [6.07, 6.45) is 1.75. The second-order valence-corrected chi connectivity index (χ2v) is 8.95.